The van der Waals surface area contributed by atoms with Crippen molar-refractivity contribution < 1.29 is 19.1 Å². The van der Waals surface area contributed by atoms with Crippen LogP contribution in [0.15, 0.2) is 24.3 Å². The van der Waals surface area contributed by atoms with Crippen LogP contribution in [0.4, 0.5) is 5.69 Å². The molecule has 1 aliphatic carbocycles. The summed E-state index contributed by atoms with van der Waals surface area (Å²) in [5.41, 5.74) is 6.83. The van der Waals surface area contributed by atoms with Gasteiger partial charge in [-0.1, -0.05) is 19.8 Å². The number of hydrogen-bond donors (Lipinski definition) is 2. The van der Waals surface area contributed by atoms with Crippen molar-refractivity contribution in [2.45, 2.75) is 62.8 Å². The molecule has 0 spiro atoms. The molecule has 1 aromatic rings. The lowest BCUT2D eigenvalue weighted by Gasteiger charge is -2.36. The summed E-state index contributed by atoms with van der Waals surface area (Å²) >= 11 is 0. The number of rotatable bonds is 6. The van der Waals surface area contributed by atoms with E-state index >= 15 is 0 Å². The predicted molar refractivity (Wildman–Crippen MR) is 132 cm³/mol. The highest BCUT2D eigenvalue weighted by Gasteiger charge is 2.55. The topological polar surface area (TPSA) is 108 Å². The molecule has 1 aromatic carbocycles. The first kappa shape index (κ1) is 24.2. The lowest BCUT2D eigenvalue weighted by Crippen LogP contribution is -2.60. The number of Topliss-reactive ketones (excluding diaryl/α,β-unsaturated/α-hetero) is 1. The number of ketones is 1. The number of piperazine rings is 1. The number of carbonyl (C=O) groups is 3. The monoisotopic (exact) mass is 483 g/mol. The van der Waals surface area contributed by atoms with E-state index in [0.29, 0.717) is 18.4 Å². The summed E-state index contributed by atoms with van der Waals surface area (Å²) in [6.45, 7) is 7.67. The largest absolute Gasteiger partial charge is 0.369 e. The molecule has 2 amide bonds. The molecule has 3 atom stereocenters. The third-order valence-electron chi connectivity index (χ3n) is 8.11. The Labute approximate surface area is 206 Å². The molecule has 190 valence electrons. The molecule has 3 heterocycles. The van der Waals surface area contributed by atoms with Gasteiger partial charge in [-0.25, -0.2) is 0 Å². The minimum Gasteiger partial charge on any atom is -0.369 e. The maximum absolute atomic E-state index is 13.7. The number of fused-ring (bicyclic) bond motifs is 1. The quantitative estimate of drug-likeness (QED) is 0.615. The Morgan fingerprint density at radius 1 is 1.11 bits per heavy atom. The number of ether oxygens (including phenoxy) is 1. The number of nitrogens with two attached hydrogens (primary N) is 1. The first-order valence-corrected chi connectivity index (χ1v) is 13.0. The van der Waals surface area contributed by atoms with Crippen LogP contribution in [0.3, 0.4) is 0 Å². The Bertz CT molecular complexity index is 953. The molecule has 1 saturated carbocycles. The number of amides is 2. The number of carbonyl (C=O) groups excluding carboxylic acids is 3. The number of hydrogen-bond acceptors (Lipinski definition) is 7. The van der Waals surface area contributed by atoms with E-state index in [4.69, 9.17) is 10.5 Å². The van der Waals surface area contributed by atoms with Crippen molar-refractivity contribution in [3.63, 3.8) is 0 Å². The second-order valence-electron chi connectivity index (χ2n) is 10.4. The highest BCUT2D eigenvalue weighted by molar-refractivity contribution is 6.01. The van der Waals surface area contributed by atoms with E-state index < -0.39 is 17.7 Å². The van der Waals surface area contributed by atoms with Crippen LogP contribution in [0, 0.1) is 0 Å². The van der Waals surface area contributed by atoms with Gasteiger partial charge in [0.25, 0.3) is 5.91 Å². The highest BCUT2D eigenvalue weighted by Crippen LogP contribution is 2.36. The Kier molecular flexibility index (Phi) is 6.83. The average Bonchev–Trinajstić information content (AvgIpc) is 3.58. The number of nitrogens with one attached hydrogen (secondary N) is 1. The third-order valence-corrected chi connectivity index (χ3v) is 8.11. The molecule has 35 heavy (non-hydrogen) atoms. The molecule has 3 N–H and O–H groups in total. The zero-order chi connectivity index (χ0) is 24.6. The molecule has 3 saturated heterocycles. The number of likely N-dealkylation sites (tertiary alicyclic amines) is 1. The van der Waals surface area contributed by atoms with Gasteiger partial charge in [0, 0.05) is 44.0 Å². The van der Waals surface area contributed by atoms with Gasteiger partial charge in [-0.3, -0.25) is 19.3 Å². The van der Waals surface area contributed by atoms with Crippen LogP contribution in [0.25, 0.3) is 0 Å². The van der Waals surface area contributed by atoms with Crippen LogP contribution >= 0.6 is 0 Å². The van der Waals surface area contributed by atoms with E-state index in [-0.39, 0.29) is 36.8 Å². The molecule has 9 heteroatoms. The fourth-order valence-corrected chi connectivity index (χ4v) is 6.21. The first-order chi connectivity index (χ1) is 16.9. The Morgan fingerprint density at radius 2 is 1.80 bits per heavy atom. The summed E-state index contributed by atoms with van der Waals surface area (Å²) in [6.07, 6.45) is 3.56. The Morgan fingerprint density at radius 3 is 2.46 bits per heavy atom. The van der Waals surface area contributed by atoms with Crippen LogP contribution in [-0.4, -0.2) is 97.0 Å². The maximum Gasteiger partial charge on any atom is 0.252 e. The fraction of sp³-hybridized carbons (Fsp3) is 0.654. The minimum absolute atomic E-state index is 0.00776. The van der Waals surface area contributed by atoms with E-state index in [2.05, 4.69) is 22.0 Å². The molecule has 5 rings (SSSR count). The average molecular weight is 484 g/mol. The molecule has 9 nitrogen and oxygen atoms in total. The molecule has 3 aliphatic heterocycles. The second kappa shape index (κ2) is 9.87. The normalized spacial score (nSPS) is 28.4. The summed E-state index contributed by atoms with van der Waals surface area (Å²) in [7, 11) is 0. The molecular formula is C26H37N5O4. The Balaban J connectivity index is 1.26. The molecule has 4 fully saturated rings. The molecule has 0 unspecified atom stereocenters. The lowest BCUT2D eigenvalue weighted by atomic mass is 9.93. The van der Waals surface area contributed by atoms with Crippen molar-refractivity contribution in [2.24, 2.45) is 5.73 Å². The molecule has 0 aromatic heterocycles. The zero-order valence-electron chi connectivity index (χ0n) is 20.6. The van der Waals surface area contributed by atoms with Gasteiger partial charge in [0.1, 0.15) is 24.3 Å². The molecule has 4 aliphatic rings. The summed E-state index contributed by atoms with van der Waals surface area (Å²) in [6, 6.07) is 6.64. The van der Waals surface area contributed by atoms with Gasteiger partial charge in [-0.05, 0) is 50.1 Å². The summed E-state index contributed by atoms with van der Waals surface area (Å²) in [4.78, 5) is 45.8. The van der Waals surface area contributed by atoms with E-state index in [1.165, 1.54) is 6.42 Å². The fourth-order valence-electron chi connectivity index (χ4n) is 6.21. The number of nitrogens with zero attached hydrogens (tertiary/aromatic N) is 3. The lowest BCUT2D eigenvalue weighted by molar-refractivity contribution is -0.142. The molecular weight excluding hydrogens is 446 g/mol. The van der Waals surface area contributed by atoms with Gasteiger partial charge >= 0.3 is 0 Å². The smallest absolute Gasteiger partial charge is 0.252 e. The van der Waals surface area contributed by atoms with Crippen molar-refractivity contribution in [1.29, 1.82) is 0 Å². The first-order valence-electron chi connectivity index (χ1n) is 13.0. The summed E-state index contributed by atoms with van der Waals surface area (Å²) < 4.78 is 5.54. The molecule has 0 bridgehead atoms. The van der Waals surface area contributed by atoms with Gasteiger partial charge in [0.15, 0.2) is 5.78 Å². The second-order valence-corrected chi connectivity index (χ2v) is 10.4. The van der Waals surface area contributed by atoms with Crippen molar-refractivity contribution >= 4 is 23.3 Å². The van der Waals surface area contributed by atoms with E-state index in [1.54, 1.807) is 4.90 Å². The van der Waals surface area contributed by atoms with Gasteiger partial charge in [0.2, 0.25) is 5.91 Å². The minimum atomic E-state index is -0.997. The summed E-state index contributed by atoms with van der Waals surface area (Å²) in [5.74, 6) is -0.567. The van der Waals surface area contributed by atoms with Crippen molar-refractivity contribution in [3.05, 3.63) is 29.8 Å². The number of anilines is 1. The Hall–Kier alpha value is -2.49. The van der Waals surface area contributed by atoms with Crippen molar-refractivity contribution in [3.8, 4) is 0 Å². The van der Waals surface area contributed by atoms with E-state index in [0.717, 1.165) is 51.3 Å². The SMILES string of the molecule is CCCN1CCN(c2ccc(C(=O)NC3(C(=O)N4C[C@@H](N)[C@H]5OCC(=O)[C@H]54)CCCC3)cc2)CC1. The molecule has 0 radical (unpaired) electrons. The van der Waals surface area contributed by atoms with Crippen LogP contribution in [0.1, 0.15) is 49.4 Å². The van der Waals surface area contributed by atoms with Gasteiger partial charge in [-0.15, -0.1) is 0 Å². The third kappa shape index (κ3) is 4.57. The van der Waals surface area contributed by atoms with Crippen LogP contribution in [0.2, 0.25) is 0 Å². The predicted octanol–water partition coefficient (Wildman–Crippen LogP) is 0.767. The van der Waals surface area contributed by atoms with E-state index in [9.17, 15) is 14.4 Å². The van der Waals surface area contributed by atoms with Crippen molar-refractivity contribution in [1.82, 2.24) is 15.1 Å². The number of benzene rings is 1. The van der Waals surface area contributed by atoms with E-state index in [1.807, 2.05) is 24.3 Å². The van der Waals surface area contributed by atoms with Gasteiger partial charge < -0.3 is 25.6 Å². The highest BCUT2D eigenvalue weighted by atomic mass is 16.5. The van der Waals surface area contributed by atoms with Crippen LogP contribution < -0.4 is 16.0 Å². The standard InChI is InChI=1S/C26H37N5O4/c1-2-11-29-12-14-30(15-13-29)19-7-5-18(6-8-19)24(33)28-26(9-3-4-10-26)25(34)31-16-20(27)23-22(31)21(32)17-35-23/h5-8,20,22-23H,2-4,9-17,27H2,1H3,(H,28,33)/t20-,22-,23-/m1/s1. The van der Waals surface area contributed by atoms with Gasteiger partial charge in [0.05, 0.1) is 6.04 Å². The van der Waals surface area contributed by atoms with Gasteiger partial charge in [-0.2, -0.15) is 0 Å². The van der Waals surface area contributed by atoms with Crippen LogP contribution in [0.5, 0.6) is 0 Å². The maximum atomic E-state index is 13.7. The van der Waals surface area contributed by atoms with Crippen molar-refractivity contribution in [2.75, 3.05) is 50.8 Å². The van der Waals surface area contributed by atoms with Crippen LogP contribution in [-0.2, 0) is 14.3 Å². The zero-order valence-corrected chi connectivity index (χ0v) is 20.6. The summed E-state index contributed by atoms with van der Waals surface area (Å²) in [5, 5.41) is 3.07.